The average Bonchev–Trinajstić information content (AvgIpc) is 2.39. The van der Waals surface area contributed by atoms with Gasteiger partial charge in [-0.2, -0.15) is 0 Å². The highest BCUT2D eigenvalue weighted by Crippen LogP contribution is 2.28. The summed E-state index contributed by atoms with van der Waals surface area (Å²) in [4.78, 5) is 14.1. The first-order chi connectivity index (χ1) is 9.06. The zero-order chi connectivity index (χ0) is 14.3. The molecule has 2 atom stereocenters. The fourth-order valence-electron chi connectivity index (χ4n) is 3.07. The van der Waals surface area contributed by atoms with Crippen LogP contribution in [0.15, 0.2) is 0 Å². The second-order valence-corrected chi connectivity index (χ2v) is 6.07. The van der Waals surface area contributed by atoms with Crippen LogP contribution in [0, 0.1) is 5.92 Å². The number of nitrogens with two attached hydrogens (primary N) is 1. The van der Waals surface area contributed by atoms with Gasteiger partial charge in [0.25, 0.3) is 0 Å². The number of carbonyl (C=O) groups excluding carboxylic acids is 1. The molecular formula is C15H33Cl2N3O. The number of hydrogen-bond acceptors (Lipinski definition) is 3. The van der Waals surface area contributed by atoms with Gasteiger partial charge in [-0.3, -0.25) is 4.79 Å². The molecule has 0 aliphatic heterocycles. The maximum Gasteiger partial charge on any atom is 0.236 e. The van der Waals surface area contributed by atoms with Crippen molar-refractivity contribution in [3.8, 4) is 0 Å². The minimum absolute atomic E-state index is 0. The van der Waals surface area contributed by atoms with Crippen molar-refractivity contribution in [1.29, 1.82) is 0 Å². The summed E-state index contributed by atoms with van der Waals surface area (Å²) >= 11 is 0. The highest BCUT2D eigenvalue weighted by Gasteiger charge is 2.26. The van der Waals surface area contributed by atoms with Gasteiger partial charge < -0.3 is 16.0 Å². The summed E-state index contributed by atoms with van der Waals surface area (Å²) in [7, 11) is 4.22. The van der Waals surface area contributed by atoms with Crippen molar-refractivity contribution in [1.82, 2.24) is 10.2 Å². The lowest BCUT2D eigenvalue weighted by Gasteiger charge is -2.35. The average molecular weight is 342 g/mol. The first-order valence-corrected chi connectivity index (χ1v) is 7.76. The smallest absolute Gasteiger partial charge is 0.236 e. The maximum absolute atomic E-state index is 11.9. The monoisotopic (exact) mass is 341 g/mol. The highest BCUT2D eigenvalue weighted by molar-refractivity contribution is 5.85. The van der Waals surface area contributed by atoms with E-state index >= 15 is 0 Å². The van der Waals surface area contributed by atoms with Crippen LogP contribution in [0.25, 0.3) is 0 Å². The Balaban J connectivity index is 0. The van der Waals surface area contributed by atoms with Crippen LogP contribution in [0.5, 0.6) is 0 Å². The first-order valence-electron chi connectivity index (χ1n) is 7.76. The van der Waals surface area contributed by atoms with Gasteiger partial charge in [0.1, 0.15) is 0 Å². The van der Waals surface area contributed by atoms with Gasteiger partial charge in [-0.05, 0) is 39.3 Å². The summed E-state index contributed by atoms with van der Waals surface area (Å²) in [5, 5.41) is 3.04. The molecule has 0 heterocycles. The van der Waals surface area contributed by atoms with E-state index in [0.29, 0.717) is 12.0 Å². The molecule has 2 unspecified atom stereocenters. The molecule has 0 spiro atoms. The Morgan fingerprint density at radius 1 is 1.24 bits per heavy atom. The molecule has 4 nitrogen and oxygen atoms in total. The third-order valence-corrected chi connectivity index (χ3v) is 4.28. The number of hydrogen-bond donors (Lipinski definition) is 2. The predicted octanol–water partition coefficient (Wildman–Crippen LogP) is 2.58. The molecule has 0 aromatic heterocycles. The molecular weight excluding hydrogens is 309 g/mol. The quantitative estimate of drug-likeness (QED) is 0.748. The Bertz CT molecular complexity index is 272. The standard InChI is InChI=1S/C15H31N3O.2ClH/c1-4-8-13(16)15(19)17-11-14(18(2)3)12-9-6-5-7-10-12;;/h12-14H,4-11,16H2,1-3H3,(H,17,19);2*1H. The number of halogens is 2. The minimum Gasteiger partial charge on any atom is -0.353 e. The molecule has 3 N–H and O–H groups in total. The Kier molecular flexibility index (Phi) is 13.8. The summed E-state index contributed by atoms with van der Waals surface area (Å²) in [6.45, 7) is 2.78. The van der Waals surface area contributed by atoms with E-state index in [1.54, 1.807) is 0 Å². The molecule has 21 heavy (non-hydrogen) atoms. The van der Waals surface area contributed by atoms with E-state index in [2.05, 4.69) is 31.2 Å². The Morgan fingerprint density at radius 3 is 2.29 bits per heavy atom. The number of nitrogens with zero attached hydrogens (tertiary/aromatic N) is 1. The number of likely N-dealkylation sites (N-methyl/N-ethyl adjacent to an activating group) is 1. The van der Waals surface area contributed by atoms with Crippen molar-refractivity contribution in [3.63, 3.8) is 0 Å². The van der Waals surface area contributed by atoms with Crippen molar-refractivity contribution in [2.45, 2.75) is 64.0 Å². The van der Waals surface area contributed by atoms with Crippen molar-refractivity contribution < 1.29 is 4.79 Å². The topological polar surface area (TPSA) is 58.4 Å². The normalized spacial score (nSPS) is 18.3. The van der Waals surface area contributed by atoms with Crippen LogP contribution in [0.1, 0.15) is 51.9 Å². The molecule has 0 aromatic carbocycles. The Labute approximate surface area is 142 Å². The van der Waals surface area contributed by atoms with E-state index in [1.165, 1.54) is 32.1 Å². The lowest BCUT2D eigenvalue weighted by atomic mass is 9.83. The van der Waals surface area contributed by atoms with Crippen molar-refractivity contribution in [2.24, 2.45) is 11.7 Å². The summed E-state index contributed by atoms with van der Waals surface area (Å²) in [5.41, 5.74) is 5.84. The molecule has 128 valence electrons. The first kappa shape index (κ1) is 23.2. The predicted molar refractivity (Wildman–Crippen MR) is 94.4 cm³/mol. The zero-order valence-electron chi connectivity index (χ0n) is 13.6. The largest absolute Gasteiger partial charge is 0.353 e. The van der Waals surface area contributed by atoms with Crippen molar-refractivity contribution in [2.75, 3.05) is 20.6 Å². The van der Waals surface area contributed by atoms with Gasteiger partial charge in [0.15, 0.2) is 0 Å². The number of rotatable bonds is 7. The molecule has 1 fully saturated rings. The number of nitrogens with one attached hydrogen (secondary N) is 1. The van der Waals surface area contributed by atoms with Crippen LogP contribution in [-0.4, -0.2) is 43.5 Å². The van der Waals surface area contributed by atoms with Gasteiger partial charge in [0.05, 0.1) is 6.04 Å². The lowest BCUT2D eigenvalue weighted by Crippen LogP contribution is -2.49. The molecule has 1 rings (SSSR count). The van der Waals surface area contributed by atoms with Crippen LogP contribution in [0.3, 0.4) is 0 Å². The fourth-order valence-corrected chi connectivity index (χ4v) is 3.07. The molecule has 1 amide bonds. The minimum atomic E-state index is -0.348. The van der Waals surface area contributed by atoms with Gasteiger partial charge in [-0.15, -0.1) is 24.8 Å². The van der Waals surface area contributed by atoms with E-state index in [1.807, 2.05) is 0 Å². The van der Waals surface area contributed by atoms with Crippen LogP contribution in [0.2, 0.25) is 0 Å². The molecule has 0 aromatic rings. The Morgan fingerprint density at radius 2 is 1.81 bits per heavy atom. The van der Waals surface area contributed by atoms with E-state index in [0.717, 1.165) is 19.4 Å². The fraction of sp³-hybridized carbons (Fsp3) is 0.933. The van der Waals surface area contributed by atoms with Gasteiger partial charge in [0.2, 0.25) is 5.91 Å². The second kappa shape index (κ2) is 12.5. The summed E-state index contributed by atoms with van der Waals surface area (Å²) in [6, 6.07) is 0.0947. The van der Waals surface area contributed by atoms with E-state index in [-0.39, 0.29) is 36.8 Å². The number of amides is 1. The number of carbonyl (C=O) groups is 1. The van der Waals surface area contributed by atoms with E-state index in [9.17, 15) is 4.79 Å². The Hall–Kier alpha value is -0.0300. The van der Waals surface area contributed by atoms with Crippen LogP contribution in [0.4, 0.5) is 0 Å². The molecule has 1 aliphatic rings. The third-order valence-electron chi connectivity index (χ3n) is 4.28. The van der Waals surface area contributed by atoms with Crippen LogP contribution >= 0.6 is 24.8 Å². The van der Waals surface area contributed by atoms with Crippen LogP contribution in [-0.2, 0) is 4.79 Å². The molecule has 0 radical (unpaired) electrons. The highest BCUT2D eigenvalue weighted by atomic mass is 35.5. The van der Waals surface area contributed by atoms with Gasteiger partial charge in [0, 0.05) is 12.6 Å². The lowest BCUT2D eigenvalue weighted by molar-refractivity contribution is -0.122. The van der Waals surface area contributed by atoms with E-state index in [4.69, 9.17) is 5.73 Å². The van der Waals surface area contributed by atoms with E-state index < -0.39 is 0 Å². The molecule has 6 heteroatoms. The summed E-state index contributed by atoms with van der Waals surface area (Å²) in [6.07, 6.45) is 8.33. The van der Waals surface area contributed by atoms with Crippen LogP contribution < -0.4 is 11.1 Å². The van der Waals surface area contributed by atoms with Gasteiger partial charge in [-0.25, -0.2) is 0 Å². The zero-order valence-corrected chi connectivity index (χ0v) is 15.3. The summed E-state index contributed by atoms with van der Waals surface area (Å²) in [5.74, 6) is 0.718. The molecule has 1 aliphatic carbocycles. The van der Waals surface area contributed by atoms with Gasteiger partial charge in [-0.1, -0.05) is 32.6 Å². The van der Waals surface area contributed by atoms with Crippen molar-refractivity contribution in [3.05, 3.63) is 0 Å². The second-order valence-electron chi connectivity index (χ2n) is 6.07. The van der Waals surface area contributed by atoms with Gasteiger partial charge >= 0.3 is 0 Å². The molecule has 0 saturated heterocycles. The molecule has 0 bridgehead atoms. The SMILES string of the molecule is CCCC(N)C(=O)NCC(C1CCCCC1)N(C)C.Cl.Cl. The third kappa shape index (κ3) is 8.24. The molecule has 1 saturated carbocycles. The maximum atomic E-state index is 11.9. The van der Waals surface area contributed by atoms with Crippen molar-refractivity contribution >= 4 is 30.7 Å². The summed E-state index contributed by atoms with van der Waals surface area (Å²) < 4.78 is 0.